The van der Waals surface area contributed by atoms with E-state index in [0.717, 1.165) is 15.7 Å². The third-order valence-electron chi connectivity index (χ3n) is 2.71. The van der Waals surface area contributed by atoms with Crippen molar-refractivity contribution in [1.82, 2.24) is 10.6 Å². The van der Waals surface area contributed by atoms with Gasteiger partial charge in [0.1, 0.15) is 0 Å². The van der Waals surface area contributed by atoms with Crippen LogP contribution in [-0.4, -0.2) is 32.1 Å². The Bertz CT molecular complexity index is 482. The third kappa shape index (κ3) is 4.23. The van der Waals surface area contributed by atoms with Crippen LogP contribution < -0.4 is 15.5 Å². The molecular weight excluding hydrogens is 320 g/mol. The van der Waals surface area contributed by atoms with Crippen molar-refractivity contribution in [3.8, 4) is 0 Å². The molecule has 0 bridgehead atoms. The molecule has 5 nitrogen and oxygen atoms in total. The maximum atomic E-state index is 12.3. The van der Waals surface area contributed by atoms with Crippen LogP contribution in [-0.2, 0) is 0 Å². The van der Waals surface area contributed by atoms with Crippen LogP contribution in [0.15, 0.2) is 27.7 Å². The Kier molecular flexibility index (Phi) is 6.51. The van der Waals surface area contributed by atoms with Crippen LogP contribution >= 0.6 is 15.9 Å². The first kappa shape index (κ1) is 16.5. The zero-order valence-electron chi connectivity index (χ0n) is 12.3. The summed E-state index contributed by atoms with van der Waals surface area (Å²) >= 11 is 3.48. The number of halogens is 1. The van der Waals surface area contributed by atoms with Crippen molar-refractivity contribution in [3.63, 3.8) is 0 Å². The monoisotopic (exact) mass is 340 g/mol. The molecule has 20 heavy (non-hydrogen) atoms. The summed E-state index contributed by atoms with van der Waals surface area (Å²) in [5.41, 5.74) is 1.87. The number of carbonyl (C=O) groups is 1. The van der Waals surface area contributed by atoms with Gasteiger partial charge >= 0.3 is 6.03 Å². The number of hydrogen-bond donors (Lipinski definition) is 2. The number of benzene rings is 1. The number of amides is 2. The van der Waals surface area contributed by atoms with E-state index in [2.05, 4.69) is 31.6 Å². The maximum Gasteiger partial charge on any atom is 0.328 e. The molecule has 0 heterocycles. The van der Waals surface area contributed by atoms with E-state index in [1.807, 2.05) is 39.0 Å². The van der Waals surface area contributed by atoms with E-state index in [4.69, 9.17) is 0 Å². The van der Waals surface area contributed by atoms with Crippen LogP contribution in [0.25, 0.3) is 0 Å². The summed E-state index contributed by atoms with van der Waals surface area (Å²) in [6, 6.07) is 5.59. The van der Waals surface area contributed by atoms with Gasteiger partial charge in [0, 0.05) is 24.6 Å². The van der Waals surface area contributed by atoms with Crippen molar-refractivity contribution < 1.29 is 4.79 Å². The van der Waals surface area contributed by atoms with Crippen molar-refractivity contribution in [2.24, 2.45) is 4.99 Å². The average Bonchev–Trinajstić information content (AvgIpc) is 2.38. The molecule has 0 saturated heterocycles. The minimum absolute atomic E-state index is 0.229. The first-order valence-corrected chi connectivity index (χ1v) is 7.38. The second-order valence-electron chi connectivity index (χ2n) is 4.25. The molecule has 0 aliphatic carbocycles. The van der Waals surface area contributed by atoms with Gasteiger partial charge in [-0.1, -0.05) is 12.1 Å². The summed E-state index contributed by atoms with van der Waals surface area (Å²) < 4.78 is 0.882. The lowest BCUT2D eigenvalue weighted by Crippen LogP contribution is -2.47. The number of urea groups is 1. The Hall–Kier alpha value is -1.56. The highest BCUT2D eigenvalue weighted by molar-refractivity contribution is 9.10. The van der Waals surface area contributed by atoms with Gasteiger partial charge in [0.25, 0.3) is 0 Å². The van der Waals surface area contributed by atoms with E-state index in [1.54, 1.807) is 11.9 Å². The van der Waals surface area contributed by atoms with Crippen LogP contribution in [0.4, 0.5) is 10.5 Å². The van der Waals surface area contributed by atoms with E-state index >= 15 is 0 Å². The number of rotatable bonds is 3. The molecule has 0 fully saturated rings. The number of nitrogens with zero attached hydrogens (tertiary/aromatic N) is 2. The Morgan fingerprint density at radius 2 is 2.10 bits per heavy atom. The van der Waals surface area contributed by atoms with Gasteiger partial charge in [0.2, 0.25) is 0 Å². The molecule has 0 aliphatic heterocycles. The smallest absolute Gasteiger partial charge is 0.328 e. The molecule has 110 valence electrons. The van der Waals surface area contributed by atoms with Gasteiger partial charge in [-0.3, -0.25) is 15.2 Å². The highest BCUT2D eigenvalue weighted by Crippen LogP contribution is 2.28. The van der Waals surface area contributed by atoms with Crippen LogP contribution in [0.1, 0.15) is 19.4 Å². The van der Waals surface area contributed by atoms with Crippen molar-refractivity contribution in [1.29, 1.82) is 0 Å². The van der Waals surface area contributed by atoms with Crippen LogP contribution in [0.2, 0.25) is 0 Å². The largest absolute Gasteiger partial charge is 0.356 e. The summed E-state index contributed by atoms with van der Waals surface area (Å²) in [5, 5.41) is 5.81. The number of nitrogens with one attached hydrogen (secondary N) is 2. The second-order valence-corrected chi connectivity index (χ2v) is 5.10. The summed E-state index contributed by atoms with van der Waals surface area (Å²) in [7, 11) is 1.73. The summed E-state index contributed by atoms with van der Waals surface area (Å²) in [6.07, 6.45) is 0. The van der Waals surface area contributed by atoms with Crippen LogP contribution in [0.5, 0.6) is 0 Å². The van der Waals surface area contributed by atoms with E-state index in [0.29, 0.717) is 19.0 Å². The van der Waals surface area contributed by atoms with Gasteiger partial charge in [-0.05, 0) is 48.3 Å². The highest BCUT2D eigenvalue weighted by Gasteiger charge is 2.16. The average molecular weight is 341 g/mol. The van der Waals surface area contributed by atoms with Crippen molar-refractivity contribution >= 4 is 33.6 Å². The molecule has 0 spiro atoms. The normalized spacial score (nSPS) is 11.2. The Labute approximate surface area is 128 Å². The molecule has 0 unspecified atom stereocenters. The number of aliphatic imine (C=N–C) groups is 1. The van der Waals surface area contributed by atoms with E-state index in [9.17, 15) is 4.79 Å². The second kappa shape index (κ2) is 7.89. The van der Waals surface area contributed by atoms with Gasteiger partial charge in [0.15, 0.2) is 5.96 Å². The summed E-state index contributed by atoms with van der Waals surface area (Å²) in [5.74, 6) is 0.497. The van der Waals surface area contributed by atoms with Gasteiger partial charge in [-0.15, -0.1) is 0 Å². The SMILES string of the molecule is CCN=C(NCC)NC(=O)N(C)c1c(C)cccc1Br. The highest BCUT2D eigenvalue weighted by atomic mass is 79.9. The zero-order valence-corrected chi connectivity index (χ0v) is 13.9. The van der Waals surface area contributed by atoms with Crippen LogP contribution in [0, 0.1) is 6.92 Å². The fourth-order valence-corrected chi connectivity index (χ4v) is 2.53. The molecule has 0 aromatic heterocycles. The zero-order chi connectivity index (χ0) is 15.1. The molecule has 0 radical (unpaired) electrons. The number of carbonyl (C=O) groups excluding carboxylic acids is 1. The lowest BCUT2D eigenvalue weighted by Gasteiger charge is -2.22. The molecule has 1 aromatic carbocycles. The van der Waals surface area contributed by atoms with E-state index in [-0.39, 0.29) is 6.03 Å². The van der Waals surface area contributed by atoms with E-state index in [1.165, 1.54) is 0 Å². The number of guanidine groups is 1. The lowest BCUT2D eigenvalue weighted by atomic mass is 10.2. The lowest BCUT2D eigenvalue weighted by molar-refractivity contribution is 0.251. The molecule has 0 aliphatic rings. The molecule has 1 rings (SSSR count). The Balaban J connectivity index is 2.89. The fraction of sp³-hybridized carbons (Fsp3) is 0.429. The van der Waals surface area contributed by atoms with Crippen molar-refractivity contribution in [3.05, 3.63) is 28.2 Å². The number of para-hydroxylation sites is 1. The molecule has 0 atom stereocenters. The quantitative estimate of drug-likeness (QED) is 0.656. The Morgan fingerprint density at radius 1 is 1.40 bits per heavy atom. The van der Waals surface area contributed by atoms with Gasteiger partial charge in [-0.25, -0.2) is 4.79 Å². The molecular formula is C14H21BrN4O. The molecule has 0 saturated carbocycles. The summed E-state index contributed by atoms with van der Waals surface area (Å²) in [6.45, 7) is 7.16. The van der Waals surface area contributed by atoms with Gasteiger partial charge < -0.3 is 5.32 Å². The fourth-order valence-electron chi connectivity index (χ4n) is 1.80. The van der Waals surface area contributed by atoms with E-state index < -0.39 is 0 Å². The van der Waals surface area contributed by atoms with Gasteiger partial charge in [-0.2, -0.15) is 0 Å². The Morgan fingerprint density at radius 3 is 2.65 bits per heavy atom. The predicted octanol–water partition coefficient (Wildman–Crippen LogP) is 2.89. The van der Waals surface area contributed by atoms with Gasteiger partial charge in [0.05, 0.1) is 5.69 Å². The minimum atomic E-state index is -0.229. The molecule has 2 amide bonds. The number of hydrogen-bond acceptors (Lipinski definition) is 2. The molecule has 6 heteroatoms. The number of anilines is 1. The molecule has 1 aromatic rings. The minimum Gasteiger partial charge on any atom is -0.356 e. The van der Waals surface area contributed by atoms with Crippen LogP contribution in [0.3, 0.4) is 0 Å². The first-order chi connectivity index (χ1) is 9.51. The predicted molar refractivity (Wildman–Crippen MR) is 87.5 cm³/mol. The van der Waals surface area contributed by atoms with Crippen molar-refractivity contribution in [2.75, 3.05) is 25.0 Å². The molecule has 2 N–H and O–H groups in total. The topological polar surface area (TPSA) is 56.7 Å². The number of aryl methyl sites for hydroxylation is 1. The third-order valence-corrected chi connectivity index (χ3v) is 3.35. The maximum absolute atomic E-state index is 12.3. The first-order valence-electron chi connectivity index (χ1n) is 6.59. The standard InChI is InChI=1S/C14H21BrN4O/c1-5-16-13(17-6-2)18-14(20)19(4)12-10(3)8-7-9-11(12)15/h7-9H,5-6H2,1-4H3,(H2,16,17,18,20). The summed E-state index contributed by atoms with van der Waals surface area (Å²) in [4.78, 5) is 18.1. The van der Waals surface area contributed by atoms with Crippen molar-refractivity contribution in [2.45, 2.75) is 20.8 Å².